The average molecular weight is 426 g/mol. The number of para-hydroxylation sites is 1. The van der Waals surface area contributed by atoms with E-state index in [1.54, 1.807) is 17.4 Å². The molecule has 0 bridgehead atoms. The molecule has 0 fully saturated rings. The molecule has 2 aliphatic rings. The molecule has 2 atom stereocenters. The van der Waals surface area contributed by atoms with E-state index in [0.717, 1.165) is 40.1 Å². The fourth-order valence-corrected chi connectivity index (χ4v) is 5.10. The van der Waals surface area contributed by atoms with Crippen molar-refractivity contribution in [3.63, 3.8) is 0 Å². The lowest BCUT2D eigenvalue weighted by molar-refractivity contribution is -0.0165. The second kappa shape index (κ2) is 6.89. The molecule has 2 unspecified atom stereocenters. The Bertz CT molecular complexity index is 1190. The molecule has 6 nitrogen and oxygen atoms in total. The lowest BCUT2D eigenvalue weighted by Gasteiger charge is -2.37. The third kappa shape index (κ3) is 3.49. The molecule has 148 valence electrons. The number of nitrogens with zero attached hydrogens (tertiary/aromatic N) is 2. The zero-order chi connectivity index (χ0) is 20.0. The van der Waals surface area contributed by atoms with Crippen LogP contribution in [0.2, 0.25) is 0 Å². The van der Waals surface area contributed by atoms with Gasteiger partial charge >= 0.3 is 0 Å². The van der Waals surface area contributed by atoms with Crippen molar-refractivity contribution in [2.45, 2.75) is 18.7 Å². The van der Waals surface area contributed by atoms with E-state index >= 15 is 0 Å². The van der Waals surface area contributed by atoms with Crippen LogP contribution in [0.4, 0.5) is 5.69 Å². The number of sulfonamides is 1. The fourth-order valence-electron chi connectivity index (χ4n) is 3.80. The lowest BCUT2D eigenvalue weighted by Crippen LogP contribution is -2.33. The topological polar surface area (TPSA) is 71.0 Å². The Labute approximate surface area is 173 Å². The van der Waals surface area contributed by atoms with Gasteiger partial charge in [-0.25, -0.2) is 13.4 Å². The zero-order valence-corrected chi connectivity index (χ0v) is 17.3. The van der Waals surface area contributed by atoms with Gasteiger partial charge in [-0.15, -0.1) is 11.3 Å². The Morgan fingerprint density at radius 1 is 1.14 bits per heavy atom. The molecule has 0 radical (unpaired) electrons. The van der Waals surface area contributed by atoms with Gasteiger partial charge in [-0.1, -0.05) is 36.4 Å². The maximum absolute atomic E-state index is 11.6. The van der Waals surface area contributed by atoms with Crippen molar-refractivity contribution in [2.75, 3.05) is 11.0 Å². The number of fused-ring (bicyclic) bond motifs is 3. The van der Waals surface area contributed by atoms with Gasteiger partial charge in [0.25, 0.3) is 0 Å². The van der Waals surface area contributed by atoms with Crippen molar-refractivity contribution in [3.8, 4) is 5.75 Å². The molecule has 0 saturated carbocycles. The van der Waals surface area contributed by atoms with Gasteiger partial charge < -0.3 is 4.74 Å². The van der Waals surface area contributed by atoms with E-state index in [0.29, 0.717) is 5.69 Å². The first-order chi connectivity index (χ1) is 14.0. The summed E-state index contributed by atoms with van der Waals surface area (Å²) in [6.07, 6.45) is 1.60. The second-order valence-corrected chi connectivity index (χ2v) is 9.85. The van der Waals surface area contributed by atoms with Gasteiger partial charge in [-0.3, -0.25) is 4.72 Å². The molecule has 0 amide bonds. The smallest absolute Gasteiger partial charge is 0.229 e. The summed E-state index contributed by atoms with van der Waals surface area (Å²) in [7, 11) is -3.34. The first kappa shape index (κ1) is 18.2. The highest BCUT2D eigenvalue weighted by molar-refractivity contribution is 7.92. The molecule has 2 aliphatic heterocycles. The van der Waals surface area contributed by atoms with E-state index in [1.165, 1.54) is 0 Å². The number of hydrogen-bond donors (Lipinski definition) is 1. The standard InChI is InChI=1S/C21H19N3O3S2/c1-29(25,26)23-15-7-4-6-14(12-15)17-13-18-16-8-2-3-9-19(16)27-21(24(18)22-17)20-10-5-11-28-20/h2-12,18,21,23H,13H2,1H3. The summed E-state index contributed by atoms with van der Waals surface area (Å²) < 4.78 is 32.0. The van der Waals surface area contributed by atoms with E-state index in [-0.39, 0.29) is 12.3 Å². The van der Waals surface area contributed by atoms with Crippen LogP contribution in [0, 0.1) is 0 Å². The van der Waals surface area contributed by atoms with E-state index in [2.05, 4.69) is 16.9 Å². The first-order valence-corrected chi connectivity index (χ1v) is 12.0. The molecule has 1 aromatic heterocycles. The van der Waals surface area contributed by atoms with Gasteiger partial charge in [-0.05, 0) is 35.2 Å². The normalized spacial score (nSPS) is 20.4. The van der Waals surface area contributed by atoms with Crippen molar-refractivity contribution >= 4 is 32.8 Å². The maximum Gasteiger partial charge on any atom is 0.229 e. The minimum Gasteiger partial charge on any atom is -0.464 e. The van der Waals surface area contributed by atoms with Gasteiger partial charge in [0.2, 0.25) is 16.3 Å². The summed E-state index contributed by atoms with van der Waals surface area (Å²) in [5.74, 6) is 0.885. The van der Waals surface area contributed by atoms with Crippen molar-refractivity contribution in [2.24, 2.45) is 5.10 Å². The highest BCUT2D eigenvalue weighted by Gasteiger charge is 2.41. The van der Waals surface area contributed by atoms with Gasteiger partial charge in [-0.2, -0.15) is 5.10 Å². The molecule has 3 heterocycles. The molecular formula is C21H19N3O3S2. The third-order valence-electron chi connectivity index (χ3n) is 4.98. The number of hydrogen-bond acceptors (Lipinski definition) is 6. The van der Waals surface area contributed by atoms with Crippen LogP contribution in [0.1, 0.15) is 34.7 Å². The number of benzene rings is 2. The Morgan fingerprint density at radius 2 is 2.00 bits per heavy atom. The van der Waals surface area contributed by atoms with Crippen LogP contribution in [-0.2, 0) is 10.0 Å². The number of ether oxygens (including phenoxy) is 1. The van der Waals surface area contributed by atoms with Crippen LogP contribution in [0.25, 0.3) is 0 Å². The van der Waals surface area contributed by atoms with Crippen molar-refractivity contribution < 1.29 is 13.2 Å². The van der Waals surface area contributed by atoms with E-state index in [9.17, 15) is 8.42 Å². The summed E-state index contributed by atoms with van der Waals surface area (Å²) in [5.41, 5.74) is 3.46. The molecule has 5 rings (SSSR count). The van der Waals surface area contributed by atoms with E-state index in [1.807, 2.05) is 52.9 Å². The Kier molecular flexibility index (Phi) is 4.33. The summed E-state index contributed by atoms with van der Waals surface area (Å²) in [4.78, 5) is 1.10. The van der Waals surface area contributed by atoms with Crippen LogP contribution in [0.5, 0.6) is 5.75 Å². The maximum atomic E-state index is 11.6. The average Bonchev–Trinajstić information content (AvgIpc) is 3.36. The fraction of sp³-hybridized carbons (Fsp3) is 0.190. The molecule has 2 aromatic carbocycles. The highest BCUT2D eigenvalue weighted by Crippen LogP contribution is 2.48. The van der Waals surface area contributed by atoms with Gasteiger partial charge in [0.15, 0.2) is 0 Å². The first-order valence-electron chi connectivity index (χ1n) is 9.21. The monoisotopic (exact) mass is 425 g/mol. The minimum atomic E-state index is -3.34. The molecule has 0 spiro atoms. The molecule has 0 aliphatic carbocycles. The molecular weight excluding hydrogens is 406 g/mol. The Morgan fingerprint density at radius 3 is 2.79 bits per heavy atom. The molecule has 0 saturated heterocycles. The van der Waals surface area contributed by atoms with Crippen LogP contribution < -0.4 is 9.46 Å². The minimum absolute atomic E-state index is 0.0774. The van der Waals surface area contributed by atoms with Crippen molar-refractivity contribution in [1.29, 1.82) is 0 Å². The number of rotatable bonds is 4. The SMILES string of the molecule is CS(=O)(=O)Nc1cccc(C2=NN3C(C2)c2ccccc2OC3c2cccs2)c1. The third-order valence-corrected chi connectivity index (χ3v) is 6.49. The summed E-state index contributed by atoms with van der Waals surface area (Å²) >= 11 is 1.65. The highest BCUT2D eigenvalue weighted by atomic mass is 32.2. The number of nitrogens with one attached hydrogen (secondary N) is 1. The van der Waals surface area contributed by atoms with Crippen molar-refractivity contribution in [3.05, 3.63) is 82.0 Å². The predicted octanol–water partition coefficient (Wildman–Crippen LogP) is 4.36. The lowest BCUT2D eigenvalue weighted by atomic mass is 9.96. The van der Waals surface area contributed by atoms with Crippen LogP contribution in [0.15, 0.2) is 71.1 Å². The predicted molar refractivity (Wildman–Crippen MR) is 115 cm³/mol. The van der Waals surface area contributed by atoms with E-state index < -0.39 is 10.0 Å². The quantitative estimate of drug-likeness (QED) is 0.674. The summed E-state index contributed by atoms with van der Waals surface area (Å²) in [6.45, 7) is 0. The Hall–Kier alpha value is -2.84. The van der Waals surface area contributed by atoms with E-state index in [4.69, 9.17) is 9.84 Å². The number of thiophene rings is 1. The largest absolute Gasteiger partial charge is 0.464 e. The molecule has 8 heteroatoms. The van der Waals surface area contributed by atoms with Gasteiger partial charge in [0.1, 0.15) is 5.75 Å². The number of hydrazone groups is 1. The van der Waals surface area contributed by atoms with Crippen molar-refractivity contribution in [1.82, 2.24) is 5.01 Å². The van der Waals surface area contributed by atoms with Crippen LogP contribution in [0.3, 0.4) is 0 Å². The van der Waals surface area contributed by atoms with Crippen LogP contribution >= 0.6 is 11.3 Å². The van der Waals surface area contributed by atoms with Crippen LogP contribution in [-0.4, -0.2) is 25.4 Å². The second-order valence-electron chi connectivity index (χ2n) is 7.13. The molecule has 29 heavy (non-hydrogen) atoms. The Balaban J connectivity index is 1.54. The van der Waals surface area contributed by atoms with Gasteiger partial charge in [0, 0.05) is 17.7 Å². The molecule has 3 aromatic rings. The molecule has 1 N–H and O–H groups in total. The summed E-state index contributed by atoms with van der Waals surface area (Å²) in [6, 6.07) is 19.6. The van der Waals surface area contributed by atoms with Gasteiger partial charge in [0.05, 0.1) is 22.9 Å². The summed E-state index contributed by atoms with van der Waals surface area (Å²) in [5, 5.41) is 8.97. The number of anilines is 1. The zero-order valence-electron chi connectivity index (χ0n) is 15.6.